The molecule has 0 aliphatic heterocycles. The molecule has 0 bridgehead atoms. The van der Waals surface area contributed by atoms with E-state index in [-0.39, 0.29) is 24.5 Å². The van der Waals surface area contributed by atoms with E-state index >= 15 is 0 Å². The molecule has 1 aromatic heterocycles. The Kier molecular flexibility index (Phi) is 5.48. The Hall–Kier alpha value is -3.16. The van der Waals surface area contributed by atoms with Crippen LogP contribution in [0.15, 0.2) is 47.1 Å². The van der Waals surface area contributed by atoms with Gasteiger partial charge in [-0.2, -0.15) is 13.2 Å². The van der Waals surface area contributed by atoms with Crippen LogP contribution in [0, 0.1) is 0 Å². The molecule has 3 rings (SSSR count). The highest BCUT2D eigenvalue weighted by atomic mass is 19.4. The zero-order chi connectivity index (χ0) is 20.3. The number of benzene rings is 2. The zero-order valence-electron chi connectivity index (χ0n) is 15.2. The van der Waals surface area contributed by atoms with Crippen molar-refractivity contribution in [2.24, 2.45) is 0 Å². The summed E-state index contributed by atoms with van der Waals surface area (Å²) in [7, 11) is 1.53. The van der Waals surface area contributed by atoms with E-state index in [0.717, 1.165) is 17.5 Å². The highest BCUT2D eigenvalue weighted by Gasteiger charge is 2.31. The number of alkyl halides is 3. The molecule has 0 unspecified atom stereocenters. The Morgan fingerprint density at radius 2 is 1.96 bits per heavy atom. The normalized spacial score (nSPS) is 11.5. The molecule has 0 fully saturated rings. The Labute approximate surface area is 159 Å². The standard InChI is InChI=1S/C20H18F3NO4/c1-3-27-17-7-4-13(20(21,22)23)9-16(17)24-19(25)8-12-11-28-18-10-14(26-2)5-6-15(12)18/h4-7,9-11H,3,8H2,1-2H3,(H,24,25). The van der Waals surface area contributed by atoms with Crippen LogP contribution in [0.3, 0.4) is 0 Å². The molecule has 0 spiro atoms. The topological polar surface area (TPSA) is 60.7 Å². The van der Waals surface area contributed by atoms with Crippen LogP contribution in [0.4, 0.5) is 18.9 Å². The first kappa shape index (κ1) is 19.6. The first-order chi connectivity index (χ1) is 13.3. The number of rotatable bonds is 6. The molecule has 1 N–H and O–H groups in total. The van der Waals surface area contributed by atoms with Crippen LogP contribution in [-0.2, 0) is 17.4 Å². The van der Waals surface area contributed by atoms with Crippen LogP contribution >= 0.6 is 0 Å². The first-order valence-corrected chi connectivity index (χ1v) is 8.50. The summed E-state index contributed by atoms with van der Waals surface area (Å²) in [6.45, 7) is 1.96. The van der Waals surface area contributed by atoms with Gasteiger partial charge in [-0.25, -0.2) is 0 Å². The molecule has 0 saturated carbocycles. The summed E-state index contributed by atoms with van der Waals surface area (Å²) in [6.07, 6.45) is -3.15. The molecule has 1 amide bonds. The van der Waals surface area contributed by atoms with Crippen molar-refractivity contribution in [3.8, 4) is 11.5 Å². The molecule has 1 heterocycles. The molecular weight excluding hydrogens is 375 g/mol. The number of hydrogen-bond donors (Lipinski definition) is 1. The summed E-state index contributed by atoms with van der Waals surface area (Å²) >= 11 is 0. The number of fused-ring (bicyclic) bond motifs is 1. The number of hydrogen-bond acceptors (Lipinski definition) is 4. The van der Waals surface area contributed by atoms with Crippen molar-refractivity contribution in [1.82, 2.24) is 0 Å². The fraction of sp³-hybridized carbons (Fsp3) is 0.250. The van der Waals surface area contributed by atoms with Gasteiger partial charge >= 0.3 is 6.18 Å². The van der Waals surface area contributed by atoms with Gasteiger partial charge in [0.25, 0.3) is 0 Å². The molecular formula is C20H18F3NO4. The van der Waals surface area contributed by atoms with Gasteiger partial charge in [-0.15, -0.1) is 0 Å². The van der Waals surface area contributed by atoms with Gasteiger partial charge in [0.05, 0.1) is 37.7 Å². The summed E-state index contributed by atoms with van der Waals surface area (Å²) in [6, 6.07) is 8.16. The van der Waals surface area contributed by atoms with E-state index in [9.17, 15) is 18.0 Å². The summed E-state index contributed by atoms with van der Waals surface area (Å²) in [4.78, 5) is 12.4. The molecule has 28 heavy (non-hydrogen) atoms. The number of anilines is 1. The molecule has 5 nitrogen and oxygen atoms in total. The number of furan rings is 1. The quantitative estimate of drug-likeness (QED) is 0.637. The van der Waals surface area contributed by atoms with Crippen LogP contribution in [-0.4, -0.2) is 19.6 Å². The van der Waals surface area contributed by atoms with Crippen LogP contribution in [0.5, 0.6) is 11.5 Å². The minimum Gasteiger partial charge on any atom is -0.497 e. The van der Waals surface area contributed by atoms with E-state index in [2.05, 4.69) is 5.32 Å². The first-order valence-electron chi connectivity index (χ1n) is 8.50. The predicted octanol–water partition coefficient (Wildman–Crippen LogP) is 5.04. The lowest BCUT2D eigenvalue weighted by Gasteiger charge is -2.14. The van der Waals surface area contributed by atoms with Crippen molar-refractivity contribution in [2.75, 3.05) is 19.0 Å². The highest BCUT2D eigenvalue weighted by molar-refractivity contribution is 5.96. The maximum atomic E-state index is 13.0. The number of methoxy groups -OCH3 is 1. The molecule has 0 radical (unpaired) electrons. The maximum absolute atomic E-state index is 13.0. The number of amides is 1. The maximum Gasteiger partial charge on any atom is 0.416 e. The molecule has 0 saturated heterocycles. The second kappa shape index (κ2) is 7.84. The number of nitrogens with one attached hydrogen (secondary N) is 1. The molecule has 0 aliphatic carbocycles. The lowest BCUT2D eigenvalue weighted by molar-refractivity contribution is -0.137. The third-order valence-electron chi connectivity index (χ3n) is 4.09. The van der Waals surface area contributed by atoms with Gasteiger partial charge in [0, 0.05) is 17.0 Å². The van der Waals surface area contributed by atoms with E-state index < -0.39 is 17.6 Å². The fourth-order valence-electron chi connectivity index (χ4n) is 2.78. The lowest BCUT2D eigenvalue weighted by Crippen LogP contribution is -2.16. The van der Waals surface area contributed by atoms with E-state index in [1.54, 1.807) is 25.1 Å². The van der Waals surface area contributed by atoms with E-state index in [0.29, 0.717) is 16.9 Å². The second-order valence-corrected chi connectivity index (χ2v) is 5.99. The van der Waals surface area contributed by atoms with Crippen LogP contribution in [0.25, 0.3) is 11.0 Å². The minimum absolute atomic E-state index is 0.0313. The number of carbonyl (C=O) groups is 1. The van der Waals surface area contributed by atoms with Crippen molar-refractivity contribution >= 4 is 22.6 Å². The summed E-state index contributed by atoms with van der Waals surface area (Å²) < 4.78 is 54.8. The monoisotopic (exact) mass is 393 g/mol. The van der Waals surface area contributed by atoms with Gasteiger partial charge in [-0.3, -0.25) is 4.79 Å². The van der Waals surface area contributed by atoms with Crippen molar-refractivity contribution < 1.29 is 31.9 Å². The van der Waals surface area contributed by atoms with Gasteiger partial charge in [0.2, 0.25) is 5.91 Å². The molecule has 3 aromatic rings. The lowest BCUT2D eigenvalue weighted by atomic mass is 10.1. The Morgan fingerprint density at radius 3 is 2.64 bits per heavy atom. The summed E-state index contributed by atoms with van der Waals surface area (Å²) in [5.41, 5.74) is 0.263. The van der Waals surface area contributed by atoms with Crippen molar-refractivity contribution in [2.45, 2.75) is 19.5 Å². The average molecular weight is 393 g/mol. The Bertz CT molecular complexity index is 995. The molecule has 2 aromatic carbocycles. The van der Waals surface area contributed by atoms with E-state index in [1.807, 2.05) is 0 Å². The van der Waals surface area contributed by atoms with E-state index in [4.69, 9.17) is 13.9 Å². The summed E-state index contributed by atoms with van der Waals surface area (Å²) in [5.74, 6) is 0.299. The molecule has 0 atom stereocenters. The van der Waals surface area contributed by atoms with Crippen molar-refractivity contribution in [3.63, 3.8) is 0 Å². The third kappa shape index (κ3) is 4.21. The van der Waals surface area contributed by atoms with Crippen LogP contribution in [0.1, 0.15) is 18.1 Å². The molecule has 8 heteroatoms. The average Bonchev–Trinajstić information content (AvgIpc) is 3.04. The van der Waals surface area contributed by atoms with Gasteiger partial charge in [0.15, 0.2) is 0 Å². The third-order valence-corrected chi connectivity index (χ3v) is 4.09. The number of carbonyl (C=O) groups excluding carboxylic acids is 1. The minimum atomic E-state index is -4.52. The van der Waals surface area contributed by atoms with Crippen LogP contribution in [0.2, 0.25) is 0 Å². The largest absolute Gasteiger partial charge is 0.497 e. The fourth-order valence-corrected chi connectivity index (χ4v) is 2.78. The predicted molar refractivity (Wildman–Crippen MR) is 97.7 cm³/mol. The zero-order valence-corrected chi connectivity index (χ0v) is 15.2. The Morgan fingerprint density at radius 1 is 1.18 bits per heavy atom. The number of halogens is 3. The van der Waals surface area contributed by atoms with Crippen molar-refractivity contribution in [1.29, 1.82) is 0 Å². The summed E-state index contributed by atoms with van der Waals surface area (Å²) in [5, 5.41) is 3.23. The van der Waals surface area contributed by atoms with Gasteiger partial charge < -0.3 is 19.2 Å². The van der Waals surface area contributed by atoms with Gasteiger partial charge in [-0.1, -0.05) is 0 Å². The SMILES string of the molecule is CCOc1ccc(C(F)(F)F)cc1NC(=O)Cc1coc2cc(OC)ccc12. The molecule has 0 aliphatic rings. The van der Waals surface area contributed by atoms with Crippen molar-refractivity contribution in [3.05, 3.63) is 53.8 Å². The smallest absolute Gasteiger partial charge is 0.416 e. The Balaban J connectivity index is 1.82. The van der Waals surface area contributed by atoms with Gasteiger partial charge in [0.1, 0.15) is 17.1 Å². The second-order valence-electron chi connectivity index (χ2n) is 5.99. The highest BCUT2D eigenvalue weighted by Crippen LogP contribution is 2.35. The van der Waals surface area contributed by atoms with Gasteiger partial charge in [-0.05, 0) is 37.3 Å². The van der Waals surface area contributed by atoms with E-state index in [1.165, 1.54) is 19.4 Å². The molecule has 148 valence electrons. The number of ether oxygens (including phenoxy) is 2. The van der Waals surface area contributed by atoms with Crippen LogP contribution < -0.4 is 14.8 Å².